The maximum Gasteiger partial charge on any atom is 0.277 e. The SMILES string of the molecule is CCCCC/C(=N\NC(=O)COc1ccccc1C)c1ccccc1. The molecule has 0 saturated carbocycles. The van der Waals surface area contributed by atoms with E-state index in [0.717, 1.165) is 42.5 Å². The van der Waals surface area contributed by atoms with Crippen molar-refractivity contribution < 1.29 is 9.53 Å². The van der Waals surface area contributed by atoms with Gasteiger partial charge in [-0.05, 0) is 37.0 Å². The Bertz CT molecular complexity index is 696. The zero-order valence-corrected chi connectivity index (χ0v) is 15.0. The van der Waals surface area contributed by atoms with Crippen LogP contribution in [-0.2, 0) is 4.79 Å². The van der Waals surface area contributed by atoms with E-state index in [1.807, 2.05) is 61.5 Å². The van der Waals surface area contributed by atoms with Gasteiger partial charge in [0.25, 0.3) is 5.91 Å². The molecule has 2 aromatic rings. The molecule has 4 heteroatoms. The van der Waals surface area contributed by atoms with Gasteiger partial charge >= 0.3 is 0 Å². The van der Waals surface area contributed by atoms with Gasteiger partial charge in [0.05, 0.1) is 5.71 Å². The molecule has 0 atom stereocenters. The number of carbonyl (C=O) groups excluding carboxylic acids is 1. The van der Waals surface area contributed by atoms with Crippen molar-refractivity contribution in [1.29, 1.82) is 0 Å². The summed E-state index contributed by atoms with van der Waals surface area (Å²) in [5.74, 6) is 0.458. The predicted molar refractivity (Wildman–Crippen MR) is 102 cm³/mol. The zero-order chi connectivity index (χ0) is 17.9. The second-order valence-corrected chi connectivity index (χ2v) is 5.97. The largest absolute Gasteiger partial charge is 0.483 e. The third-order valence-corrected chi connectivity index (χ3v) is 3.89. The molecule has 1 N–H and O–H groups in total. The number of hydrogen-bond donors (Lipinski definition) is 1. The lowest BCUT2D eigenvalue weighted by Gasteiger charge is -2.09. The summed E-state index contributed by atoms with van der Waals surface area (Å²) in [5.41, 5.74) is 5.57. The van der Waals surface area contributed by atoms with Crippen molar-refractivity contribution in [1.82, 2.24) is 5.43 Å². The lowest BCUT2D eigenvalue weighted by Crippen LogP contribution is -2.26. The first-order chi connectivity index (χ1) is 12.2. The number of hydrazone groups is 1. The average Bonchev–Trinajstić information content (AvgIpc) is 2.64. The predicted octanol–water partition coefficient (Wildman–Crippen LogP) is 4.47. The maximum absolute atomic E-state index is 12.1. The monoisotopic (exact) mass is 338 g/mol. The average molecular weight is 338 g/mol. The van der Waals surface area contributed by atoms with Crippen molar-refractivity contribution in [3.63, 3.8) is 0 Å². The second kappa shape index (κ2) is 10.3. The number of unbranched alkanes of at least 4 members (excludes halogenated alkanes) is 2. The van der Waals surface area contributed by atoms with E-state index in [9.17, 15) is 4.79 Å². The van der Waals surface area contributed by atoms with Crippen LogP contribution < -0.4 is 10.2 Å². The summed E-state index contributed by atoms with van der Waals surface area (Å²) >= 11 is 0. The molecule has 0 aliphatic heterocycles. The van der Waals surface area contributed by atoms with E-state index >= 15 is 0 Å². The molecule has 1 amide bonds. The zero-order valence-electron chi connectivity index (χ0n) is 15.0. The summed E-state index contributed by atoms with van der Waals surface area (Å²) in [6.07, 6.45) is 4.20. The number of benzene rings is 2. The van der Waals surface area contributed by atoms with Crippen LogP contribution >= 0.6 is 0 Å². The van der Waals surface area contributed by atoms with Crippen molar-refractivity contribution in [2.45, 2.75) is 39.5 Å². The Labute approximate surface area is 149 Å². The van der Waals surface area contributed by atoms with Crippen LogP contribution in [0.4, 0.5) is 0 Å². The van der Waals surface area contributed by atoms with Crippen LogP contribution in [0.15, 0.2) is 59.7 Å². The van der Waals surface area contributed by atoms with Crippen LogP contribution in [-0.4, -0.2) is 18.2 Å². The van der Waals surface area contributed by atoms with Crippen molar-refractivity contribution in [3.8, 4) is 5.75 Å². The first-order valence-electron chi connectivity index (χ1n) is 8.80. The molecule has 0 aromatic heterocycles. The molecule has 0 bridgehead atoms. The van der Waals surface area contributed by atoms with Gasteiger partial charge in [0, 0.05) is 0 Å². The molecule has 25 heavy (non-hydrogen) atoms. The van der Waals surface area contributed by atoms with Gasteiger partial charge in [-0.1, -0.05) is 68.3 Å². The number of rotatable bonds is 9. The second-order valence-electron chi connectivity index (χ2n) is 5.97. The molecule has 0 heterocycles. The molecule has 2 rings (SSSR count). The van der Waals surface area contributed by atoms with E-state index in [2.05, 4.69) is 17.5 Å². The Morgan fingerprint density at radius 2 is 1.76 bits per heavy atom. The van der Waals surface area contributed by atoms with Crippen molar-refractivity contribution >= 4 is 11.6 Å². The van der Waals surface area contributed by atoms with E-state index in [0.29, 0.717) is 5.75 Å². The Hall–Kier alpha value is -2.62. The third kappa shape index (κ3) is 6.42. The molecule has 0 radical (unpaired) electrons. The van der Waals surface area contributed by atoms with Gasteiger partial charge < -0.3 is 4.74 Å². The highest BCUT2D eigenvalue weighted by atomic mass is 16.5. The van der Waals surface area contributed by atoms with Gasteiger partial charge in [-0.2, -0.15) is 5.10 Å². The lowest BCUT2D eigenvalue weighted by atomic mass is 10.0. The van der Waals surface area contributed by atoms with E-state index in [1.54, 1.807) is 0 Å². The molecule has 0 aliphatic rings. The van der Waals surface area contributed by atoms with Crippen molar-refractivity contribution in [3.05, 3.63) is 65.7 Å². The van der Waals surface area contributed by atoms with Crippen LogP contribution in [0.2, 0.25) is 0 Å². The molecule has 2 aromatic carbocycles. The molecule has 0 fully saturated rings. The van der Waals surface area contributed by atoms with Gasteiger partial charge in [0.1, 0.15) is 5.75 Å². The standard InChI is InChI=1S/C21H26N2O2/c1-3-4-6-14-19(18-12-7-5-8-13-18)22-23-21(24)16-25-20-15-10-9-11-17(20)2/h5,7-13,15H,3-4,6,14,16H2,1-2H3,(H,23,24)/b22-19+. The highest BCUT2D eigenvalue weighted by Crippen LogP contribution is 2.15. The first kappa shape index (κ1) is 18.7. The molecular weight excluding hydrogens is 312 g/mol. The smallest absolute Gasteiger partial charge is 0.277 e. The number of aryl methyl sites for hydroxylation is 1. The van der Waals surface area contributed by atoms with Gasteiger partial charge in [-0.25, -0.2) is 5.43 Å². The Kier molecular flexibility index (Phi) is 7.70. The van der Waals surface area contributed by atoms with Gasteiger partial charge in [-0.15, -0.1) is 0 Å². The van der Waals surface area contributed by atoms with Gasteiger partial charge in [-0.3, -0.25) is 4.79 Å². The number of nitrogens with zero attached hydrogens (tertiary/aromatic N) is 1. The van der Waals surface area contributed by atoms with E-state index < -0.39 is 0 Å². The molecule has 132 valence electrons. The third-order valence-electron chi connectivity index (χ3n) is 3.89. The normalized spacial score (nSPS) is 11.2. The van der Waals surface area contributed by atoms with E-state index in [1.165, 1.54) is 0 Å². The van der Waals surface area contributed by atoms with Crippen LogP contribution in [0.1, 0.15) is 43.7 Å². The molecular formula is C21H26N2O2. The van der Waals surface area contributed by atoms with Crippen molar-refractivity contribution in [2.24, 2.45) is 5.10 Å². The molecule has 0 aliphatic carbocycles. The molecule has 0 saturated heterocycles. The van der Waals surface area contributed by atoms with Crippen molar-refractivity contribution in [2.75, 3.05) is 6.61 Å². The summed E-state index contributed by atoms with van der Waals surface area (Å²) < 4.78 is 5.55. The maximum atomic E-state index is 12.1. The van der Waals surface area contributed by atoms with Gasteiger partial charge in [0.15, 0.2) is 6.61 Å². The Morgan fingerprint density at radius 1 is 1.04 bits per heavy atom. The quantitative estimate of drug-likeness (QED) is 0.416. The minimum atomic E-state index is -0.257. The fourth-order valence-electron chi connectivity index (χ4n) is 2.46. The van der Waals surface area contributed by atoms with Crippen LogP contribution in [0.25, 0.3) is 0 Å². The number of nitrogens with one attached hydrogen (secondary N) is 1. The summed E-state index contributed by atoms with van der Waals surface area (Å²) in [7, 11) is 0. The molecule has 0 spiro atoms. The number of hydrogen-bond acceptors (Lipinski definition) is 3. The summed E-state index contributed by atoms with van der Waals surface area (Å²) in [4.78, 5) is 12.1. The highest BCUT2D eigenvalue weighted by molar-refractivity contribution is 6.01. The van der Waals surface area contributed by atoms with Gasteiger partial charge in [0.2, 0.25) is 0 Å². The Balaban J connectivity index is 1.94. The number of ether oxygens (including phenoxy) is 1. The summed E-state index contributed by atoms with van der Waals surface area (Å²) in [6.45, 7) is 4.07. The summed E-state index contributed by atoms with van der Waals surface area (Å²) in [5, 5.41) is 4.34. The van der Waals surface area contributed by atoms with Crippen LogP contribution in [0, 0.1) is 6.92 Å². The van der Waals surface area contributed by atoms with E-state index in [4.69, 9.17) is 4.74 Å². The number of carbonyl (C=O) groups is 1. The topological polar surface area (TPSA) is 50.7 Å². The highest BCUT2D eigenvalue weighted by Gasteiger charge is 2.07. The van der Waals surface area contributed by atoms with Crippen LogP contribution in [0.5, 0.6) is 5.75 Å². The van der Waals surface area contributed by atoms with E-state index in [-0.39, 0.29) is 12.5 Å². The number of para-hydroxylation sites is 1. The minimum Gasteiger partial charge on any atom is -0.483 e. The number of amides is 1. The summed E-state index contributed by atoms with van der Waals surface area (Å²) in [6, 6.07) is 17.6. The van der Waals surface area contributed by atoms with Crippen LogP contribution in [0.3, 0.4) is 0 Å². The lowest BCUT2D eigenvalue weighted by molar-refractivity contribution is -0.123. The fourth-order valence-corrected chi connectivity index (χ4v) is 2.46. The Morgan fingerprint density at radius 3 is 2.48 bits per heavy atom. The fraction of sp³-hybridized carbons (Fsp3) is 0.333. The molecule has 0 unspecified atom stereocenters. The minimum absolute atomic E-state index is 0.0502. The first-order valence-corrected chi connectivity index (χ1v) is 8.80. The molecule has 4 nitrogen and oxygen atoms in total.